The molecular weight excluding hydrogens is 317 g/mol. The van der Waals surface area contributed by atoms with E-state index < -0.39 is 56.9 Å². The molecule has 0 heterocycles. The van der Waals surface area contributed by atoms with Crippen molar-refractivity contribution in [1.29, 1.82) is 0 Å². The number of ether oxygens (including phenoxy) is 1. The van der Waals surface area contributed by atoms with E-state index in [-0.39, 0.29) is 0 Å². The molecule has 0 aromatic heterocycles. The Morgan fingerprint density at radius 3 is 1.91 bits per heavy atom. The molecule has 5 nitrogen and oxygen atoms in total. The molecule has 0 saturated heterocycles. The Morgan fingerprint density at radius 2 is 1.45 bits per heavy atom. The molecule has 0 atom stereocenters. The first-order chi connectivity index (χ1) is 10.2. The van der Waals surface area contributed by atoms with Crippen molar-refractivity contribution in [3.05, 3.63) is 57.4 Å². The van der Waals surface area contributed by atoms with Crippen LogP contribution in [-0.2, 0) is 0 Å². The maximum absolute atomic E-state index is 13.4. The van der Waals surface area contributed by atoms with Gasteiger partial charge in [-0.05, 0) is 6.07 Å². The zero-order valence-corrected chi connectivity index (χ0v) is 10.2. The molecule has 0 bridgehead atoms. The first-order valence-corrected chi connectivity index (χ1v) is 5.40. The third-order valence-corrected chi connectivity index (χ3v) is 2.53. The van der Waals surface area contributed by atoms with Gasteiger partial charge in [0.15, 0.2) is 5.75 Å². The van der Waals surface area contributed by atoms with E-state index in [9.17, 15) is 37.2 Å². The van der Waals surface area contributed by atoms with Gasteiger partial charge >= 0.3 is 5.69 Å². The van der Waals surface area contributed by atoms with Crippen molar-refractivity contribution in [2.75, 3.05) is 0 Å². The van der Waals surface area contributed by atoms with Gasteiger partial charge in [0.2, 0.25) is 34.8 Å². The molecular formula is C12H4F5NO4. The third-order valence-electron chi connectivity index (χ3n) is 2.53. The van der Waals surface area contributed by atoms with Crippen molar-refractivity contribution in [3.63, 3.8) is 0 Å². The molecule has 0 aliphatic rings. The standard InChI is InChI=1S/C12H4F5NO4/c13-7-8(14)10(16)12(11(17)9(7)15)22-4-1-2-5(18(20)21)6(19)3-4/h1-3,19H. The predicted molar refractivity (Wildman–Crippen MR) is 61.1 cm³/mol. The Hall–Kier alpha value is -2.91. The van der Waals surface area contributed by atoms with Crippen molar-refractivity contribution in [2.45, 2.75) is 0 Å². The van der Waals surface area contributed by atoms with Gasteiger partial charge in [-0.1, -0.05) is 0 Å². The minimum absolute atomic E-state index is 0.564. The molecule has 1 N–H and O–H groups in total. The summed E-state index contributed by atoms with van der Waals surface area (Å²) in [5.41, 5.74) is -0.732. The van der Waals surface area contributed by atoms with Crippen molar-refractivity contribution in [1.82, 2.24) is 0 Å². The molecule has 0 aliphatic carbocycles. The average molecular weight is 321 g/mol. The van der Waals surface area contributed by atoms with Gasteiger partial charge in [0, 0.05) is 12.1 Å². The van der Waals surface area contributed by atoms with Crippen molar-refractivity contribution < 1.29 is 36.7 Å². The quantitative estimate of drug-likeness (QED) is 0.307. The zero-order valence-electron chi connectivity index (χ0n) is 10.2. The van der Waals surface area contributed by atoms with E-state index in [1.54, 1.807) is 0 Å². The Kier molecular flexibility index (Phi) is 3.85. The molecule has 10 heteroatoms. The van der Waals surface area contributed by atoms with Crippen molar-refractivity contribution >= 4 is 5.69 Å². The number of aromatic hydroxyl groups is 1. The highest BCUT2D eigenvalue weighted by atomic mass is 19.2. The number of hydrogen-bond donors (Lipinski definition) is 1. The minimum atomic E-state index is -2.35. The van der Waals surface area contributed by atoms with Crippen LogP contribution in [0.15, 0.2) is 18.2 Å². The predicted octanol–water partition coefficient (Wildman–Crippen LogP) is 3.79. The van der Waals surface area contributed by atoms with Crippen LogP contribution in [0.1, 0.15) is 0 Å². The molecule has 2 aromatic rings. The number of nitro groups is 1. The van der Waals surface area contributed by atoms with E-state index in [1.807, 2.05) is 0 Å². The fraction of sp³-hybridized carbons (Fsp3) is 0. The van der Waals surface area contributed by atoms with Crippen LogP contribution in [0.3, 0.4) is 0 Å². The zero-order chi connectivity index (χ0) is 16.6. The Morgan fingerprint density at radius 1 is 0.955 bits per heavy atom. The highest BCUT2D eigenvalue weighted by Crippen LogP contribution is 2.36. The number of phenols is 1. The smallest absolute Gasteiger partial charge is 0.310 e. The molecule has 0 aliphatic heterocycles. The van der Waals surface area contributed by atoms with E-state index in [4.69, 9.17) is 0 Å². The molecule has 22 heavy (non-hydrogen) atoms. The number of nitrogens with zero attached hydrogens (tertiary/aromatic N) is 1. The van der Waals surface area contributed by atoms with Crippen LogP contribution in [0.4, 0.5) is 27.6 Å². The molecule has 0 fully saturated rings. The van der Waals surface area contributed by atoms with Crippen molar-refractivity contribution in [2.24, 2.45) is 0 Å². The summed E-state index contributed by atoms with van der Waals surface area (Å²) in [6.07, 6.45) is 0. The third kappa shape index (κ3) is 2.50. The second-order valence-electron chi connectivity index (χ2n) is 3.91. The SMILES string of the molecule is O=[N+]([O-])c1ccc(Oc2c(F)c(F)c(F)c(F)c2F)cc1O. The van der Waals surface area contributed by atoms with E-state index in [2.05, 4.69) is 4.74 Å². The minimum Gasteiger partial charge on any atom is -0.502 e. The van der Waals surface area contributed by atoms with E-state index in [0.717, 1.165) is 12.1 Å². The molecule has 0 spiro atoms. The lowest BCUT2D eigenvalue weighted by atomic mass is 10.2. The highest BCUT2D eigenvalue weighted by molar-refractivity contribution is 5.50. The summed E-state index contributed by atoms with van der Waals surface area (Å²) >= 11 is 0. The fourth-order valence-corrected chi connectivity index (χ4v) is 1.51. The lowest BCUT2D eigenvalue weighted by Gasteiger charge is -2.10. The number of phenolic OH excluding ortho intramolecular Hbond substituents is 1. The molecule has 0 amide bonds. The van der Waals surface area contributed by atoms with Gasteiger partial charge in [0.05, 0.1) is 4.92 Å². The van der Waals surface area contributed by atoms with E-state index >= 15 is 0 Å². The van der Waals surface area contributed by atoms with E-state index in [1.165, 1.54) is 0 Å². The molecule has 0 unspecified atom stereocenters. The lowest BCUT2D eigenvalue weighted by molar-refractivity contribution is -0.385. The van der Waals surface area contributed by atoms with Crippen LogP contribution in [0.25, 0.3) is 0 Å². The van der Waals surface area contributed by atoms with Crippen LogP contribution in [0.2, 0.25) is 0 Å². The number of hydrogen-bond acceptors (Lipinski definition) is 4. The topological polar surface area (TPSA) is 72.6 Å². The first kappa shape index (κ1) is 15.5. The van der Waals surface area contributed by atoms with Crippen LogP contribution in [0.5, 0.6) is 17.2 Å². The maximum Gasteiger partial charge on any atom is 0.310 e. The largest absolute Gasteiger partial charge is 0.502 e. The summed E-state index contributed by atoms with van der Waals surface area (Å²) in [6.45, 7) is 0. The van der Waals surface area contributed by atoms with Crippen LogP contribution >= 0.6 is 0 Å². The summed E-state index contributed by atoms with van der Waals surface area (Å²) in [5, 5.41) is 19.8. The van der Waals surface area contributed by atoms with Gasteiger partial charge in [-0.25, -0.2) is 13.2 Å². The normalized spacial score (nSPS) is 10.6. The maximum atomic E-state index is 13.4. The summed E-state index contributed by atoms with van der Waals surface area (Å²) in [4.78, 5) is 9.52. The van der Waals surface area contributed by atoms with Gasteiger partial charge in [0.1, 0.15) is 5.75 Å². The Balaban J connectivity index is 2.48. The molecule has 2 rings (SSSR count). The summed E-state index contributed by atoms with van der Waals surface area (Å²) in [7, 11) is 0. The van der Waals surface area contributed by atoms with Gasteiger partial charge < -0.3 is 9.84 Å². The van der Waals surface area contributed by atoms with Gasteiger partial charge in [-0.15, -0.1) is 0 Å². The van der Waals surface area contributed by atoms with Gasteiger partial charge in [-0.2, -0.15) is 8.78 Å². The summed E-state index contributed by atoms with van der Waals surface area (Å²) in [5.74, 6) is -14.3. The summed E-state index contributed by atoms with van der Waals surface area (Å²) < 4.78 is 70.0. The molecule has 0 radical (unpaired) electrons. The average Bonchev–Trinajstić information content (AvgIpc) is 2.47. The second-order valence-corrected chi connectivity index (χ2v) is 3.91. The number of halogens is 5. The monoisotopic (exact) mass is 321 g/mol. The first-order valence-electron chi connectivity index (χ1n) is 5.40. The lowest BCUT2D eigenvalue weighted by Crippen LogP contribution is -2.04. The number of rotatable bonds is 3. The molecule has 2 aromatic carbocycles. The van der Waals surface area contributed by atoms with Gasteiger partial charge in [0.25, 0.3) is 0 Å². The number of benzene rings is 2. The van der Waals surface area contributed by atoms with Crippen molar-refractivity contribution in [3.8, 4) is 17.2 Å². The van der Waals surface area contributed by atoms with Crippen LogP contribution in [-0.4, -0.2) is 10.0 Å². The second kappa shape index (κ2) is 5.47. The van der Waals surface area contributed by atoms with E-state index in [0.29, 0.717) is 6.07 Å². The molecule has 116 valence electrons. The highest BCUT2D eigenvalue weighted by Gasteiger charge is 2.27. The van der Waals surface area contributed by atoms with Gasteiger partial charge in [-0.3, -0.25) is 10.1 Å². The number of nitro benzene ring substituents is 1. The Labute approximate surface area is 118 Å². The fourth-order valence-electron chi connectivity index (χ4n) is 1.51. The summed E-state index contributed by atoms with van der Waals surface area (Å²) in [6, 6.07) is 2.14. The molecule has 0 saturated carbocycles. The van der Waals surface area contributed by atoms with Crippen LogP contribution in [0, 0.1) is 39.2 Å². The van der Waals surface area contributed by atoms with Crippen LogP contribution < -0.4 is 4.74 Å². The Bertz CT molecular complexity index is 752.